The number of carbonyl (C=O) groups is 1. The number of hydrogen-bond acceptors (Lipinski definition) is 3. The maximum absolute atomic E-state index is 13.4. The van der Waals surface area contributed by atoms with Gasteiger partial charge in [-0.2, -0.15) is 0 Å². The van der Waals surface area contributed by atoms with Crippen LogP contribution in [0.25, 0.3) is 11.3 Å². The molecule has 0 saturated carbocycles. The van der Waals surface area contributed by atoms with Crippen LogP contribution in [-0.4, -0.2) is 18.2 Å². The van der Waals surface area contributed by atoms with Crippen molar-refractivity contribution in [3.63, 3.8) is 0 Å². The van der Waals surface area contributed by atoms with Gasteiger partial charge in [0.15, 0.2) is 0 Å². The van der Waals surface area contributed by atoms with Crippen molar-refractivity contribution in [2.24, 2.45) is 11.8 Å². The maximum atomic E-state index is 13.4. The van der Waals surface area contributed by atoms with E-state index in [0.29, 0.717) is 22.5 Å². The van der Waals surface area contributed by atoms with Crippen LogP contribution in [0.3, 0.4) is 0 Å². The molecule has 134 valence electrons. The molecule has 0 N–H and O–H groups in total. The summed E-state index contributed by atoms with van der Waals surface area (Å²) in [5.74, 6) is -1.19. The molecule has 0 amide bonds. The highest BCUT2D eigenvalue weighted by Gasteiger charge is 2.53. The fourth-order valence-corrected chi connectivity index (χ4v) is 3.73. The topological polar surface area (TPSA) is 35.5 Å². The van der Waals surface area contributed by atoms with E-state index in [4.69, 9.17) is 9.47 Å². The number of carbonyl (C=O) groups excluding carboxylic acids is 1. The summed E-state index contributed by atoms with van der Waals surface area (Å²) in [5, 5.41) is 0. The molecule has 2 heterocycles. The molecule has 2 aliphatic heterocycles. The van der Waals surface area contributed by atoms with E-state index in [1.165, 1.54) is 24.3 Å². The van der Waals surface area contributed by atoms with Gasteiger partial charge in [0.2, 0.25) is 0 Å². The van der Waals surface area contributed by atoms with Gasteiger partial charge in [0, 0.05) is 11.1 Å². The third-order valence-corrected chi connectivity index (χ3v) is 5.14. The molecule has 3 nitrogen and oxygen atoms in total. The van der Waals surface area contributed by atoms with Gasteiger partial charge in [-0.1, -0.05) is 12.1 Å². The van der Waals surface area contributed by atoms with Gasteiger partial charge in [0.05, 0.1) is 18.4 Å². The van der Waals surface area contributed by atoms with E-state index in [0.717, 1.165) is 0 Å². The van der Waals surface area contributed by atoms with Crippen molar-refractivity contribution in [2.45, 2.75) is 19.4 Å². The normalized spacial score (nSPS) is 24.1. The highest BCUT2D eigenvalue weighted by Crippen LogP contribution is 2.50. The summed E-state index contributed by atoms with van der Waals surface area (Å²) in [5.41, 5.74) is 1.37. The van der Waals surface area contributed by atoms with E-state index in [-0.39, 0.29) is 30.1 Å². The Kier molecular flexibility index (Phi) is 3.83. The van der Waals surface area contributed by atoms with Crippen molar-refractivity contribution < 1.29 is 23.0 Å². The first kappa shape index (κ1) is 16.8. The second kappa shape index (κ2) is 5.94. The molecule has 2 aliphatic rings. The Morgan fingerprint density at radius 2 is 1.46 bits per heavy atom. The van der Waals surface area contributed by atoms with Gasteiger partial charge in [-0.05, 0) is 55.8 Å². The van der Waals surface area contributed by atoms with E-state index in [1.54, 1.807) is 24.3 Å². The smallest absolute Gasteiger partial charge is 0.314 e. The van der Waals surface area contributed by atoms with Crippen LogP contribution in [-0.2, 0) is 14.3 Å². The molecule has 0 bridgehead atoms. The van der Waals surface area contributed by atoms with E-state index < -0.39 is 11.5 Å². The zero-order chi connectivity index (χ0) is 18.5. The highest BCUT2D eigenvalue weighted by molar-refractivity contribution is 6.00. The lowest BCUT2D eigenvalue weighted by atomic mass is 9.73. The van der Waals surface area contributed by atoms with E-state index in [9.17, 15) is 13.6 Å². The summed E-state index contributed by atoms with van der Waals surface area (Å²) < 4.78 is 38.4. The van der Waals surface area contributed by atoms with Crippen LogP contribution in [0.15, 0.2) is 48.5 Å². The second-order valence-electron chi connectivity index (χ2n) is 7.18. The predicted octanol–water partition coefficient (Wildman–Crippen LogP) is 4.43. The first-order valence-electron chi connectivity index (χ1n) is 8.48. The van der Waals surface area contributed by atoms with Crippen molar-refractivity contribution in [2.75, 3.05) is 6.61 Å². The number of ether oxygens (including phenoxy) is 2. The van der Waals surface area contributed by atoms with Crippen LogP contribution in [0, 0.1) is 23.5 Å². The average Bonchev–Trinajstić information content (AvgIpc) is 2.99. The summed E-state index contributed by atoms with van der Waals surface area (Å²) in [4.78, 5) is 12.5. The SMILES string of the molecule is CC1(C)OC(c2ccc(F)cc2)=C(c2ccc(F)cc2)[C@H]2C(=O)OC[C@H]21. The second-order valence-corrected chi connectivity index (χ2v) is 7.18. The van der Waals surface area contributed by atoms with Crippen LogP contribution < -0.4 is 0 Å². The summed E-state index contributed by atoms with van der Waals surface area (Å²) in [6, 6.07) is 11.9. The minimum absolute atomic E-state index is 0.153. The maximum Gasteiger partial charge on any atom is 0.314 e. The van der Waals surface area contributed by atoms with E-state index in [1.807, 2.05) is 13.8 Å². The van der Waals surface area contributed by atoms with Gasteiger partial charge in [-0.3, -0.25) is 4.79 Å². The summed E-state index contributed by atoms with van der Waals surface area (Å²) in [6.07, 6.45) is 0. The molecule has 4 rings (SSSR count). The van der Waals surface area contributed by atoms with Crippen LogP contribution >= 0.6 is 0 Å². The van der Waals surface area contributed by atoms with Crippen LogP contribution in [0.1, 0.15) is 25.0 Å². The molecular formula is C21H18F2O3. The lowest BCUT2D eigenvalue weighted by Crippen LogP contribution is -2.43. The molecule has 0 spiro atoms. The summed E-state index contributed by atoms with van der Waals surface area (Å²) in [6.45, 7) is 4.10. The van der Waals surface area contributed by atoms with Gasteiger partial charge in [-0.25, -0.2) is 8.78 Å². The molecule has 0 aliphatic carbocycles. The van der Waals surface area contributed by atoms with Crippen molar-refractivity contribution >= 4 is 17.3 Å². The Hall–Kier alpha value is -2.69. The van der Waals surface area contributed by atoms with Crippen LogP contribution in [0.5, 0.6) is 0 Å². The Labute approximate surface area is 150 Å². The molecule has 5 heteroatoms. The molecule has 0 aromatic heterocycles. The fourth-order valence-electron chi connectivity index (χ4n) is 3.73. The van der Waals surface area contributed by atoms with Gasteiger partial charge in [0.1, 0.15) is 23.0 Å². The summed E-state index contributed by atoms with van der Waals surface area (Å²) in [7, 11) is 0. The van der Waals surface area contributed by atoms with Gasteiger partial charge in [-0.15, -0.1) is 0 Å². The Bertz CT molecular complexity index is 882. The molecule has 2 aromatic carbocycles. The van der Waals surface area contributed by atoms with Gasteiger partial charge >= 0.3 is 5.97 Å². The minimum atomic E-state index is -0.635. The van der Waals surface area contributed by atoms with Crippen molar-refractivity contribution in [3.05, 3.63) is 71.3 Å². The lowest BCUT2D eigenvalue weighted by Gasteiger charge is -2.41. The van der Waals surface area contributed by atoms with Gasteiger partial charge in [0.25, 0.3) is 0 Å². The van der Waals surface area contributed by atoms with E-state index >= 15 is 0 Å². The Morgan fingerprint density at radius 1 is 0.923 bits per heavy atom. The minimum Gasteiger partial charge on any atom is -0.486 e. The Morgan fingerprint density at radius 3 is 2.04 bits per heavy atom. The zero-order valence-electron chi connectivity index (χ0n) is 14.5. The first-order chi connectivity index (χ1) is 12.4. The lowest BCUT2D eigenvalue weighted by molar-refractivity contribution is -0.139. The molecule has 26 heavy (non-hydrogen) atoms. The molecule has 1 saturated heterocycles. The first-order valence-corrected chi connectivity index (χ1v) is 8.48. The highest BCUT2D eigenvalue weighted by atomic mass is 19.1. The van der Waals surface area contributed by atoms with E-state index in [2.05, 4.69) is 0 Å². The van der Waals surface area contributed by atoms with Crippen molar-refractivity contribution in [1.29, 1.82) is 0 Å². The van der Waals surface area contributed by atoms with Crippen LogP contribution in [0.4, 0.5) is 8.78 Å². The van der Waals surface area contributed by atoms with Crippen molar-refractivity contribution in [1.82, 2.24) is 0 Å². The largest absolute Gasteiger partial charge is 0.486 e. The molecule has 2 atom stereocenters. The standard InChI is InChI=1S/C21H18F2O3/c1-21(2)16-11-25-20(24)18(16)17(12-3-7-14(22)8-4-12)19(26-21)13-5-9-15(23)10-6-13/h3-10,16,18H,11H2,1-2H3/t16-,18+/m1/s1. The molecule has 0 unspecified atom stereocenters. The third kappa shape index (κ3) is 2.68. The Balaban J connectivity index is 1.96. The molecule has 0 radical (unpaired) electrons. The predicted molar refractivity (Wildman–Crippen MR) is 92.7 cm³/mol. The van der Waals surface area contributed by atoms with Crippen LogP contribution in [0.2, 0.25) is 0 Å². The fraction of sp³-hybridized carbons (Fsp3) is 0.286. The van der Waals surface area contributed by atoms with Crippen molar-refractivity contribution in [3.8, 4) is 0 Å². The zero-order valence-corrected chi connectivity index (χ0v) is 14.5. The number of cyclic esters (lactones) is 1. The number of benzene rings is 2. The number of esters is 1. The molecule has 2 aromatic rings. The summed E-state index contributed by atoms with van der Waals surface area (Å²) >= 11 is 0. The third-order valence-electron chi connectivity index (χ3n) is 5.14. The number of halogens is 2. The number of rotatable bonds is 2. The number of hydrogen-bond donors (Lipinski definition) is 0. The molecule has 1 fully saturated rings. The number of fused-ring (bicyclic) bond motifs is 1. The van der Waals surface area contributed by atoms with Gasteiger partial charge < -0.3 is 9.47 Å². The average molecular weight is 356 g/mol. The quantitative estimate of drug-likeness (QED) is 0.747. The molecular weight excluding hydrogens is 338 g/mol. The monoisotopic (exact) mass is 356 g/mol.